The van der Waals surface area contributed by atoms with E-state index in [1.807, 2.05) is 0 Å². The lowest BCUT2D eigenvalue weighted by Gasteiger charge is -2.06. The molecule has 0 aromatic rings. The molecule has 0 aliphatic carbocycles. The average Bonchev–Trinajstić information content (AvgIpc) is 3.09. The van der Waals surface area contributed by atoms with Gasteiger partial charge in [-0.1, -0.05) is 264 Å². The minimum absolute atomic E-state index is 0.0328. The zero-order valence-corrected chi connectivity index (χ0v) is 33.7. The van der Waals surface area contributed by atoms with Crippen LogP contribution in [-0.4, -0.2) is 12.6 Å². The summed E-state index contributed by atoms with van der Waals surface area (Å²) in [6, 6.07) is 0. The maximum Gasteiger partial charge on any atom is 0.305 e. The molecule has 0 aromatic carbocycles. The molecule has 0 saturated carbocycles. The molecule has 288 valence electrons. The highest BCUT2D eigenvalue weighted by molar-refractivity contribution is 5.69. The lowest BCUT2D eigenvalue weighted by molar-refractivity contribution is -0.143. The summed E-state index contributed by atoms with van der Waals surface area (Å²) in [7, 11) is 0. The molecule has 0 aliphatic rings. The zero-order valence-electron chi connectivity index (χ0n) is 33.7. The molecular formula is C46H92O2. The van der Waals surface area contributed by atoms with Crippen molar-refractivity contribution in [2.45, 2.75) is 284 Å². The highest BCUT2D eigenvalue weighted by Gasteiger charge is 2.03. The lowest BCUT2D eigenvalue weighted by Crippen LogP contribution is -2.05. The van der Waals surface area contributed by atoms with Gasteiger partial charge in [0.15, 0.2) is 0 Å². The SMILES string of the molecule is CCCCCCCCCCCCCCCCCCCCCCCCCC(=O)OCCCCCCCCCCCCCCCCCCCC. The summed E-state index contributed by atoms with van der Waals surface area (Å²) >= 11 is 0. The highest BCUT2D eigenvalue weighted by atomic mass is 16.5. The van der Waals surface area contributed by atoms with E-state index in [9.17, 15) is 4.79 Å². The van der Waals surface area contributed by atoms with Gasteiger partial charge < -0.3 is 4.74 Å². The van der Waals surface area contributed by atoms with Gasteiger partial charge >= 0.3 is 5.97 Å². The van der Waals surface area contributed by atoms with Crippen LogP contribution in [0.25, 0.3) is 0 Å². The molecule has 0 bridgehead atoms. The number of rotatable bonds is 43. The van der Waals surface area contributed by atoms with Gasteiger partial charge in [0, 0.05) is 6.42 Å². The van der Waals surface area contributed by atoms with Crippen LogP contribution in [0.4, 0.5) is 0 Å². The van der Waals surface area contributed by atoms with E-state index in [0.29, 0.717) is 13.0 Å². The zero-order chi connectivity index (χ0) is 34.7. The molecule has 0 fully saturated rings. The average molecular weight is 677 g/mol. The molecule has 0 aromatic heterocycles. The molecular weight excluding hydrogens is 585 g/mol. The van der Waals surface area contributed by atoms with Gasteiger partial charge in [-0.15, -0.1) is 0 Å². The van der Waals surface area contributed by atoms with Crippen molar-refractivity contribution in [1.29, 1.82) is 0 Å². The second-order valence-electron chi connectivity index (χ2n) is 15.8. The summed E-state index contributed by atoms with van der Waals surface area (Å²) in [4.78, 5) is 12.0. The number of esters is 1. The smallest absolute Gasteiger partial charge is 0.305 e. The van der Waals surface area contributed by atoms with Crippen LogP contribution in [0.2, 0.25) is 0 Å². The summed E-state index contributed by atoms with van der Waals surface area (Å²) in [5.74, 6) is 0.0328. The van der Waals surface area contributed by atoms with E-state index in [0.717, 1.165) is 12.8 Å². The third-order valence-corrected chi connectivity index (χ3v) is 10.7. The third-order valence-electron chi connectivity index (χ3n) is 10.7. The second-order valence-corrected chi connectivity index (χ2v) is 15.8. The van der Waals surface area contributed by atoms with Gasteiger partial charge in [-0.25, -0.2) is 0 Å². The maximum absolute atomic E-state index is 12.0. The summed E-state index contributed by atoms with van der Waals surface area (Å²) < 4.78 is 5.48. The molecule has 0 rings (SSSR count). The summed E-state index contributed by atoms with van der Waals surface area (Å²) in [5, 5.41) is 0. The molecule has 0 amide bonds. The Bertz CT molecular complexity index is 572. The number of carbonyl (C=O) groups excluding carboxylic acids is 1. The molecule has 0 aliphatic heterocycles. The number of carbonyl (C=O) groups is 1. The Morgan fingerprint density at radius 2 is 0.458 bits per heavy atom. The first-order chi connectivity index (χ1) is 23.8. The molecule has 2 heteroatoms. The monoisotopic (exact) mass is 677 g/mol. The van der Waals surface area contributed by atoms with E-state index in [1.54, 1.807) is 0 Å². The van der Waals surface area contributed by atoms with Gasteiger partial charge in [-0.3, -0.25) is 4.79 Å². The first-order valence-electron chi connectivity index (χ1n) is 23.0. The molecule has 0 saturated heterocycles. The number of unbranched alkanes of at least 4 members (excludes halogenated alkanes) is 39. The van der Waals surface area contributed by atoms with Crippen LogP contribution < -0.4 is 0 Å². The first kappa shape index (κ1) is 47.5. The van der Waals surface area contributed by atoms with Gasteiger partial charge in [0.1, 0.15) is 0 Å². The van der Waals surface area contributed by atoms with E-state index >= 15 is 0 Å². The first-order valence-corrected chi connectivity index (χ1v) is 23.0. The molecule has 0 spiro atoms. The molecule has 0 N–H and O–H groups in total. The molecule has 0 radical (unpaired) electrons. The van der Waals surface area contributed by atoms with Crippen molar-refractivity contribution in [2.75, 3.05) is 6.61 Å². The van der Waals surface area contributed by atoms with Crippen LogP contribution >= 0.6 is 0 Å². The predicted molar refractivity (Wildman–Crippen MR) is 216 cm³/mol. The fourth-order valence-electron chi connectivity index (χ4n) is 7.32. The van der Waals surface area contributed by atoms with Gasteiger partial charge in [0.05, 0.1) is 6.61 Å². The van der Waals surface area contributed by atoms with Crippen molar-refractivity contribution in [3.05, 3.63) is 0 Å². The normalized spacial score (nSPS) is 11.5. The molecule has 0 unspecified atom stereocenters. The minimum Gasteiger partial charge on any atom is -0.466 e. The van der Waals surface area contributed by atoms with Gasteiger partial charge in [-0.05, 0) is 12.8 Å². The van der Waals surface area contributed by atoms with Crippen LogP contribution in [-0.2, 0) is 9.53 Å². The summed E-state index contributed by atoms with van der Waals surface area (Å²) in [6.45, 7) is 5.24. The van der Waals surface area contributed by atoms with Crippen LogP contribution in [0, 0.1) is 0 Å². The van der Waals surface area contributed by atoms with E-state index < -0.39 is 0 Å². The Balaban J connectivity index is 3.14. The molecule has 0 heterocycles. The van der Waals surface area contributed by atoms with Crippen molar-refractivity contribution in [3.63, 3.8) is 0 Å². The lowest BCUT2D eigenvalue weighted by atomic mass is 10.0. The van der Waals surface area contributed by atoms with Crippen LogP contribution in [0.1, 0.15) is 284 Å². The Kier molecular flexibility index (Phi) is 44.0. The van der Waals surface area contributed by atoms with Gasteiger partial charge in [0.25, 0.3) is 0 Å². The third kappa shape index (κ3) is 43.5. The van der Waals surface area contributed by atoms with Crippen molar-refractivity contribution in [1.82, 2.24) is 0 Å². The fraction of sp³-hybridized carbons (Fsp3) is 0.978. The Labute approximate surface area is 304 Å². The van der Waals surface area contributed by atoms with Gasteiger partial charge in [0.2, 0.25) is 0 Å². The largest absolute Gasteiger partial charge is 0.466 e. The van der Waals surface area contributed by atoms with Crippen molar-refractivity contribution < 1.29 is 9.53 Å². The van der Waals surface area contributed by atoms with Crippen molar-refractivity contribution in [3.8, 4) is 0 Å². The predicted octanol–water partition coefficient (Wildman–Crippen LogP) is 17.0. The van der Waals surface area contributed by atoms with Crippen LogP contribution in [0.3, 0.4) is 0 Å². The fourth-order valence-corrected chi connectivity index (χ4v) is 7.32. The second kappa shape index (κ2) is 44.5. The molecule has 2 nitrogen and oxygen atoms in total. The Morgan fingerprint density at radius 3 is 0.688 bits per heavy atom. The topological polar surface area (TPSA) is 26.3 Å². The van der Waals surface area contributed by atoms with Crippen molar-refractivity contribution >= 4 is 5.97 Å². The van der Waals surface area contributed by atoms with Gasteiger partial charge in [-0.2, -0.15) is 0 Å². The maximum atomic E-state index is 12.0. The Morgan fingerprint density at radius 1 is 0.271 bits per heavy atom. The van der Waals surface area contributed by atoms with Crippen molar-refractivity contribution in [2.24, 2.45) is 0 Å². The Hall–Kier alpha value is -0.530. The highest BCUT2D eigenvalue weighted by Crippen LogP contribution is 2.17. The summed E-state index contributed by atoms with van der Waals surface area (Å²) in [5.41, 5.74) is 0. The minimum atomic E-state index is 0.0328. The van der Waals surface area contributed by atoms with E-state index in [4.69, 9.17) is 4.74 Å². The molecule has 0 atom stereocenters. The standard InChI is InChI=1S/C46H92O2/c1-3-5-7-9-11-13-15-17-19-21-23-24-25-26-27-28-30-32-34-36-38-40-42-44-46(47)48-45-43-41-39-37-35-33-31-29-22-20-18-16-14-12-10-8-6-4-2/h3-45H2,1-2H3. The van der Waals surface area contributed by atoms with E-state index in [-0.39, 0.29) is 5.97 Å². The van der Waals surface area contributed by atoms with E-state index in [2.05, 4.69) is 13.8 Å². The summed E-state index contributed by atoms with van der Waals surface area (Å²) in [6.07, 6.45) is 57.9. The number of hydrogen-bond donors (Lipinski definition) is 0. The quantitative estimate of drug-likeness (QED) is 0.0474. The number of ether oxygens (including phenoxy) is 1. The number of hydrogen-bond acceptors (Lipinski definition) is 2. The molecule has 48 heavy (non-hydrogen) atoms. The van der Waals surface area contributed by atoms with Crippen LogP contribution in [0.15, 0.2) is 0 Å². The van der Waals surface area contributed by atoms with Crippen LogP contribution in [0.5, 0.6) is 0 Å². The van der Waals surface area contributed by atoms with E-state index in [1.165, 1.54) is 250 Å².